The summed E-state index contributed by atoms with van der Waals surface area (Å²) < 4.78 is 66.4. The van der Waals surface area contributed by atoms with Gasteiger partial charge in [-0.3, -0.25) is 0 Å². The predicted octanol–water partition coefficient (Wildman–Crippen LogP) is 1.94. The van der Waals surface area contributed by atoms with Gasteiger partial charge in [-0.15, -0.1) is 0 Å². The van der Waals surface area contributed by atoms with Gasteiger partial charge < -0.3 is 15.8 Å². The van der Waals surface area contributed by atoms with Crippen LogP contribution >= 0.6 is 0 Å². The van der Waals surface area contributed by atoms with Gasteiger partial charge in [0.25, 0.3) is 0 Å². The Bertz CT molecular complexity index is 498. The average molecular weight is 282 g/mol. The first-order valence-electron chi connectivity index (χ1n) is 4.73. The Balaban J connectivity index is 0.000000382. The van der Waals surface area contributed by atoms with Gasteiger partial charge in [-0.05, 0) is 12.3 Å². The number of halogens is 5. The van der Waals surface area contributed by atoms with E-state index in [0.717, 1.165) is 6.54 Å². The second-order valence-corrected chi connectivity index (χ2v) is 3.13. The average Bonchev–Trinajstić information content (AvgIpc) is 2.27. The molecule has 104 valence electrons. The van der Waals surface area contributed by atoms with E-state index >= 15 is 0 Å². The molecule has 0 saturated heterocycles. The second-order valence-electron chi connectivity index (χ2n) is 3.13. The Morgan fingerprint density at radius 1 is 1.05 bits per heavy atom. The summed E-state index contributed by atoms with van der Waals surface area (Å²) in [6.45, 7) is 1.07. The number of nitrogens with two attached hydrogens (primary N) is 1. The summed E-state index contributed by atoms with van der Waals surface area (Å²) in [7, 11) is 0. The van der Waals surface area contributed by atoms with Crippen LogP contribution in [0, 0.1) is 29.1 Å². The second kappa shape index (κ2) is 6.03. The van der Waals surface area contributed by atoms with E-state index in [9.17, 15) is 26.7 Å². The van der Waals surface area contributed by atoms with Crippen molar-refractivity contribution in [2.45, 2.75) is 0 Å². The van der Waals surface area contributed by atoms with Crippen molar-refractivity contribution in [1.29, 1.82) is 0 Å². The third-order valence-corrected chi connectivity index (χ3v) is 1.84. The Kier molecular flexibility index (Phi) is 4.67. The first-order chi connectivity index (χ1) is 8.86. The topological polar surface area (TPSA) is 64.3 Å². The fourth-order valence-electron chi connectivity index (χ4n) is 0.893. The number of hydrogen-bond donors (Lipinski definition) is 2. The van der Waals surface area contributed by atoms with Gasteiger partial charge in [0.15, 0.2) is 0 Å². The molecular weight excluding hydrogens is 275 g/mol. The van der Waals surface area contributed by atoms with Crippen LogP contribution in [0.3, 0.4) is 0 Å². The fraction of sp³-hybridized carbons (Fsp3) is 0.100. The predicted molar refractivity (Wildman–Crippen MR) is 53.6 cm³/mol. The summed E-state index contributed by atoms with van der Waals surface area (Å²) in [5, 5.41) is 2.93. The van der Waals surface area contributed by atoms with Crippen LogP contribution in [0.4, 0.5) is 26.7 Å². The molecule has 1 heterocycles. The van der Waals surface area contributed by atoms with Gasteiger partial charge in [0.05, 0.1) is 0 Å². The Morgan fingerprint density at radius 2 is 1.37 bits per heavy atom. The zero-order chi connectivity index (χ0) is 14.6. The summed E-state index contributed by atoms with van der Waals surface area (Å²) in [4.78, 5) is 10.1. The van der Waals surface area contributed by atoms with Crippen molar-refractivity contribution in [3.8, 4) is 5.75 Å². The number of benzene rings is 1. The molecule has 1 aromatic rings. The van der Waals surface area contributed by atoms with Crippen LogP contribution in [0.15, 0.2) is 12.3 Å². The van der Waals surface area contributed by atoms with Gasteiger partial charge in [0, 0.05) is 6.54 Å². The molecule has 0 saturated carbocycles. The number of ether oxygens (including phenoxy) is 1. The number of carbonyl (C=O) groups is 1. The molecule has 0 spiro atoms. The summed E-state index contributed by atoms with van der Waals surface area (Å²) in [6, 6.07) is 0. The third-order valence-electron chi connectivity index (χ3n) is 1.84. The highest BCUT2D eigenvalue weighted by Crippen LogP contribution is 2.28. The number of nitrogens with one attached hydrogen (secondary N) is 1. The van der Waals surface area contributed by atoms with Crippen LogP contribution in [-0.2, 0) is 0 Å². The Hall–Kier alpha value is -2.32. The lowest BCUT2D eigenvalue weighted by Crippen LogP contribution is -2.19. The van der Waals surface area contributed by atoms with E-state index in [-0.39, 0.29) is 0 Å². The third kappa shape index (κ3) is 3.33. The molecule has 0 fully saturated rings. The van der Waals surface area contributed by atoms with Gasteiger partial charge in [-0.1, -0.05) is 0 Å². The fourth-order valence-corrected chi connectivity index (χ4v) is 0.893. The van der Waals surface area contributed by atoms with E-state index in [1.54, 1.807) is 0 Å². The molecule has 0 aliphatic carbocycles. The van der Waals surface area contributed by atoms with E-state index in [2.05, 4.69) is 21.9 Å². The van der Waals surface area contributed by atoms with Crippen molar-refractivity contribution in [1.82, 2.24) is 5.32 Å². The number of hydrogen-bond acceptors (Lipinski definition) is 3. The highest BCUT2D eigenvalue weighted by molar-refractivity contribution is 5.68. The van der Waals surface area contributed by atoms with Crippen LogP contribution in [-0.4, -0.2) is 12.6 Å². The molecular formula is C10H7F5N2O2. The molecule has 0 aromatic heterocycles. The molecule has 0 bridgehead atoms. The van der Waals surface area contributed by atoms with Crippen molar-refractivity contribution in [3.63, 3.8) is 0 Å². The van der Waals surface area contributed by atoms with Gasteiger partial charge in [0.2, 0.25) is 34.8 Å². The maximum atomic E-state index is 12.7. The monoisotopic (exact) mass is 282 g/mol. The molecule has 1 amide bonds. The van der Waals surface area contributed by atoms with Gasteiger partial charge in [-0.25, -0.2) is 18.0 Å². The zero-order valence-electron chi connectivity index (χ0n) is 9.15. The largest absolute Gasteiger partial charge is 0.410 e. The van der Waals surface area contributed by atoms with Crippen LogP contribution in [0.5, 0.6) is 5.75 Å². The van der Waals surface area contributed by atoms with E-state index in [1.807, 2.05) is 6.20 Å². The van der Waals surface area contributed by atoms with E-state index in [1.165, 1.54) is 0 Å². The number of carbonyl (C=O) groups excluding carboxylic acids is 1. The standard InChI is InChI=1S/C7H2F5NO2.C3H5N/c8-1-2(9)4(11)6(15-7(13)14)5(12)3(1)10;1-2-4-3-1/h(H2,13,14);1-2,4H,3H2. The summed E-state index contributed by atoms with van der Waals surface area (Å²) in [6.07, 6.45) is 2.30. The molecule has 3 N–H and O–H groups in total. The zero-order valence-corrected chi connectivity index (χ0v) is 9.15. The number of rotatable bonds is 1. The smallest absolute Gasteiger partial charge is 0.404 e. The lowest BCUT2D eigenvalue weighted by molar-refractivity contribution is 0.203. The number of primary amides is 1. The highest BCUT2D eigenvalue weighted by atomic mass is 19.2. The minimum atomic E-state index is -2.35. The Labute approximate surface area is 103 Å². The first-order valence-corrected chi connectivity index (χ1v) is 4.73. The van der Waals surface area contributed by atoms with Crippen molar-refractivity contribution in [2.75, 3.05) is 6.54 Å². The summed E-state index contributed by atoms with van der Waals surface area (Å²) in [5.41, 5.74) is 4.37. The molecule has 2 rings (SSSR count). The van der Waals surface area contributed by atoms with E-state index in [0.29, 0.717) is 0 Å². The lowest BCUT2D eigenvalue weighted by Gasteiger charge is -2.06. The van der Waals surface area contributed by atoms with Crippen LogP contribution in [0.1, 0.15) is 0 Å². The van der Waals surface area contributed by atoms with Crippen LogP contribution in [0.25, 0.3) is 0 Å². The molecule has 0 radical (unpaired) electrons. The maximum absolute atomic E-state index is 12.7. The van der Waals surface area contributed by atoms with Crippen LogP contribution in [0.2, 0.25) is 0 Å². The molecule has 0 atom stereocenters. The van der Waals surface area contributed by atoms with Crippen LogP contribution < -0.4 is 15.8 Å². The number of amides is 1. The first kappa shape index (κ1) is 14.7. The van der Waals surface area contributed by atoms with Crippen molar-refractivity contribution in [3.05, 3.63) is 41.4 Å². The molecule has 1 aromatic carbocycles. The minimum Gasteiger partial charge on any atom is -0.404 e. The summed E-state index contributed by atoms with van der Waals surface area (Å²) >= 11 is 0. The normalized spacial score (nSPS) is 11.8. The van der Waals surface area contributed by atoms with Crippen molar-refractivity contribution < 1.29 is 31.5 Å². The maximum Gasteiger partial charge on any atom is 0.410 e. The SMILES string of the molecule is C1=CNC1.NC(=O)Oc1c(F)c(F)c(F)c(F)c1F. The van der Waals surface area contributed by atoms with Gasteiger partial charge >= 0.3 is 6.09 Å². The molecule has 0 unspecified atom stereocenters. The quantitative estimate of drug-likeness (QED) is 0.470. The summed E-state index contributed by atoms with van der Waals surface area (Å²) in [5.74, 6) is -13.0. The molecule has 1 aliphatic rings. The molecule has 9 heteroatoms. The van der Waals surface area contributed by atoms with Gasteiger partial charge in [-0.2, -0.15) is 8.78 Å². The lowest BCUT2D eigenvalue weighted by atomic mass is 10.3. The molecule has 1 aliphatic heterocycles. The van der Waals surface area contributed by atoms with Crippen molar-refractivity contribution >= 4 is 6.09 Å². The van der Waals surface area contributed by atoms with Gasteiger partial charge in [0.1, 0.15) is 0 Å². The van der Waals surface area contributed by atoms with E-state index < -0.39 is 40.9 Å². The highest BCUT2D eigenvalue weighted by Gasteiger charge is 2.27. The minimum absolute atomic E-state index is 1.07. The molecule has 19 heavy (non-hydrogen) atoms. The van der Waals surface area contributed by atoms with E-state index in [4.69, 9.17) is 0 Å². The molecule has 4 nitrogen and oxygen atoms in total. The van der Waals surface area contributed by atoms with Crippen molar-refractivity contribution in [2.24, 2.45) is 5.73 Å². The Morgan fingerprint density at radius 3 is 1.63 bits per heavy atom.